The van der Waals surface area contributed by atoms with E-state index in [1.54, 1.807) is 6.07 Å². The maximum atomic E-state index is 6.06. The molecule has 104 valence electrons. The standard InChI is InChI=1S/C14H13Cl2N3S/c1-2-17-14-11-6-20-7-12(11)18-13(19-14)8-3-9(15)5-10(16)4-8/h3-5H,2,6-7H2,1H3,(H,17,18,19). The number of halogens is 2. The molecule has 1 aliphatic rings. The summed E-state index contributed by atoms with van der Waals surface area (Å²) in [5.41, 5.74) is 3.17. The van der Waals surface area contributed by atoms with Crippen LogP contribution in [0.15, 0.2) is 18.2 Å². The van der Waals surface area contributed by atoms with Gasteiger partial charge in [-0.1, -0.05) is 23.2 Å². The fourth-order valence-corrected chi connectivity index (χ4v) is 3.74. The summed E-state index contributed by atoms with van der Waals surface area (Å²) in [6.07, 6.45) is 0. The number of fused-ring (bicyclic) bond motifs is 1. The Morgan fingerprint density at radius 2 is 1.90 bits per heavy atom. The molecule has 0 saturated heterocycles. The number of nitrogens with one attached hydrogen (secondary N) is 1. The Balaban J connectivity index is 2.12. The number of rotatable bonds is 3. The third-order valence-electron chi connectivity index (χ3n) is 3.04. The lowest BCUT2D eigenvalue weighted by Crippen LogP contribution is -2.06. The number of anilines is 1. The van der Waals surface area contributed by atoms with Crippen molar-refractivity contribution < 1.29 is 0 Å². The average molecular weight is 326 g/mol. The van der Waals surface area contributed by atoms with Gasteiger partial charge in [-0.25, -0.2) is 9.97 Å². The Morgan fingerprint density at radius 1 is 1.15 bits per heavy atom. The van der Waals surface area contributed by atoms with E-state index in [0.717, 1.165) is 35.1 Å². The van der Waals surface area contributed by atoms with Gasteiger partial charge in [0.25, 0.3) is 0 Å². The summed E-state index contributed by atoms with van der Waals surface area (Å²) in [5.74, 6) is 3.49. The maximum absolute atomic E-state index is 6.06. The molecule has 0 bridgehead atoms. The normalized spacial score (nSPS) is 13.3. The third-order valence-corrected chi connectivity index (χ3v) is 4.45. The van der Waals surface area contributed by atoms with E-state index in [1.165, 1.54) is 5.56 Å². The van der Waals surface area contributed by atoms with Gasteiger partial charge in [-0.05, 0) is 25.1 Å². The Labute approximate surface area is 132 Å². The lowest BCUT2D eigenvalue weighted by Gasteiger charge is -2.11. The van der Waals surface area contributed by atoms with Crippen LogP contribution in [0.4, 0.5) is 5.82 Å². The van der Waals surface area contributed by atoms with Crippen molar-refractivity contribution in [3.05, 3.63) is 39.5 Å². The molecule has 1 aliphatic heterocycles. The van der Waals surface area contributed by atoms with Gasteiger partial charge in [0, 0.05) is 39.2 Å². The van der Waals surface area contributed by atoms with Gasteiger partial charge < -0.3 is 5.32 Å². The molecule has 20 heavy (non-hydrogen) atoms. The van der Waals surface area contributed by atoms with Gasteiger partial charge in [-0.2, -0.15) is 11.8 Å². The molecule has 0 radical (unpaired) electrons. The van der Waals surface area contributed by atoms with Crippen LogP contribution >= 0.6 is 35.0 Å². The molecular formula is C14H13Cl2N3S. The van der Waals surface area contributed by atoms with E-state index in [2.05, 4.69) is 22.2 Å². The van der Waals surface area contributed by atoms with Crippen LogP contribution in [-0.4, -0.2) is 16.5 Å². The molecule has 0 atom stereocenters. The molecule has 6 heteroatoms. The van der Waals surface area contributed by atoms with Crippen molar-refractivity contribution >= 4 is 40.8 Å². The molecule has 0 aliphatic carbocycles. The van der Waals surface area contributed by atoms with E-state index in [4.69, 9.17) is 23.2 Å². The summed E-state index contributed by atoms with van der Waals surface area (Å²) in [5, 5.41) is 4.50. The summed E-state index contributed by atoms with van der Waals surface area (Å²) < 4.78 is 0. The molecule has 0 spiro atoms. The first-order valence-corrected chi connectivity index (χ1v) is 8.26. The van der Waals surface area contributed by atoms with Crippen LogP contribution in [0.2, 0.25) is 10.0 Å². The Bertz CT molecular complexity index is 641. The van der Waals surface area contributed by atoms with E-state index in [1.807, 2.05) is 23.9 Å². The zero-order chi connectivity index (χ0) is 14.1. The van der Waals surface area contributed by atoms with Crippen molar-refractivity contribution in [1.29, 1.82) is 0 Å². The van der Waals surface area contributed by atoms with Gasteiger partial charge in [0.1, 0.15) is 5.82 Å². The topological polar surface area (TPSA) is 37.8 Å². The Hall–Kier alpha value is -0.970. The van der Waals surface area contributed by atoms with Gasteiger partial charge in [0.15, 0.2) is 5.82 Å². The number of hydrogen-bond acceptors (Lipinski definition) is 4. The first kappa shape index (κ1) is 14.0. The van der Waals surface area contributed by atoms with Crippen molar-refractivity contribution in [3.8, 4) is 11.4 Å². The highest BCUT2D eigenvalue weighted by Crippen LogP contribution is 2.35. The highest BCUT2D eigenvalue weighted by Gasteiger charge is 2.20. The quantitative estimate of drug-likeness (QED) is 0.892. The molecule has 2 heterocycles. The summed E-state index contributed by atoms with van der Waals surface area (Å²) in [7, 11) is 0. The van der Waals surface area contributed by atoms with E-state index >= 15 is 0 Å². The second-order valence-electron chi connectivity index (χ2n) is 4.50. The molecule has 3 nitrogen and oxygen atoms in total. The van der Waals surface area contributed by atoms with Crippen LogP contribution in [-0.2, 0) is 11.5 Å². The lowest BCUT2D eigenvalue weighted by molar-refractivity contribution is 1.05. The number of thioether (sulfide) groups is 1. The van der Waals surface area contributed by atoms with Crippen LogP contribution in [0.1, 0.15) is 18.2 Å². The first-order valence-electron chi connectivity index (χ1n) is 6.35. The lowest BCUT2D eigenvalue weighted by atomic mass is 10.2. The van der Waals surface area contributed by atoms with Crippen molar-refractivity contribution in [2.75, 3.05) is 11.9 Å². The summed E-state index contributed by atoms with van der Waals surface area (Å²) in [4.78, 5) is 9.29. The predicted molar refractivity (Wildman–Crippen MR) is 86.7 cm³/mol. The minimum absolute atomic E-state index is 0.593. The largest absolute Gasteiger partial charge is 0.370 e. The van der Waals surface area contributed by atoms with E-state index in [0.29, 0.717) is 15.9 Å². The van der Waals surface area contributed by atoms with Gasteiger partial charge in [0.2, 0.25) is 0 Å². The van der Waals surface area contributed by atoms with E-state index < -0.39 is 0 Å². The fraction of sp³-hybridized carbons (Fsp3) is 0.286. The molecular weight excluding hydrogens is 313 g/mol. The molecule has 0 fully saturated rings. The molecule has 3 rings (SSSR count). The average Bonchev–Trinajstić information content (AvgIpc) is 2.86. The zero-order valence-corrected chi connectivity index (χ0v) is 13.2. The van der Waals surface area contributed by atoms with Crippen LogP contribution in [0, 0.1) is 0 Å². The van der Waals surface area contributed by atoms with Crippen LogP contribution < -0.4 is 5.32 Å². The van der Waals surface area contributed by atoms with Crippen molar-refractivity contribution in [3.63, 3.8) is 0 Å². The minimum atomic E-state index is 0.593. The summed E-state index contributed by atoms with van der Waals surface area (Å²) >= 11 is 14.0. The molecule has 1 N–H and O–H groups in total. The summed E-state index contributed by atoms with van der Waals surface area (Å²) in [6.45, 7) is 2.90. The van der Waals surface area contributed by atoms with Gasteiger partial charge in [-0.3, -0.25) is 0 Å². The van der Waals surface area contributed by atoms with Crippen molar-refractivity contribution in [2.45, 2.75) is 18.4 Å². The molecule has 1 aromatic heterocycles. The van der Waals surface area contributed by atoms with Gasteiger partial charge >= 0.3 is 0 Å². The Morgan fingerprint density at radius 3 is 2.60 bits per heavy atom. The molecule has 0 amide bonds. The number of benzene rings is 1. The fourth-order valence-electron chi connectivity index (χ4n) is 2.18. The minimum Gasteiger partial charge on any atom is -0.370 e. The Kier molecular flexibility index (Phi) is 4.06. The molecule has 0 unspecified atom stereocenters. The highest BCUT2D eigenvalue weighted by atomic mass is 35.5. The van der Waals surface area contributed by atoms with E-state index in [-0.39, 0.29) is 0 Å². The van der Waals surface area contributed by atoms with Crippen LogP contribution in [0.3, 0.4) is 0 Å². The predicted octanol–water partition coefficient (Wildman–Crippen LogP) is 4.63. The first-order chi connectivity index (χ1) is 9.67. The van der Waals surface area contributed by atoms with Crippen LogP contribution in [0.5, 0.6) is 0 Å². The number of nitrogens with zero attached hydrogens (tertiary/aromatic N) is 2. The maximum Gasteiger partial charge on any atom is 0.161 e. The van der Waals surface area contributed by atoms with Crippen molar-refractivity contribution in [1.82, 2.24) is 9.97 Å². The number of hydrogen-bond donors (Lipinski definition) is 1. The van der Waals surface area contributed by atoms with Gasteiger partial charge in [-0.15, -0.1) is 0 Å². The molecule has 2 aromatic rings. The van der Waals surface area contributed by atoms with E-state index in [9.17, 15) is 0 Å². The third kappa shape index (κ3) is 2.73. The molecule has 0 saturated carbocycles. The second kappa shape index (κ2) is 5.80. The van der Waals surface area contributed by atoms with Crippen LogP contribution in [0.25, 0.3) is 11.4 Å². The smallest absolute Gasteiger partial charge is 0.161 e. The second-order valence-corrected chi connectivity index (χ2v) is 6.36. The SMILES string of the molecule is CCNc1nc(-c2cc(Cl)cc(Cl)c2)nc2c1CSC2. The molecule has 1 aromatic carbocycles. The zero-order valence-electron chi connectivity index (χ0n) is 10.9. The highest BCUT2D eigenvalue weighted by molar-refractivity contribution is 7.98. The monoisotopic (exact) mass is 325 g/mol. The van der Waals surface area contributed by atoms with Gasteiger partial charge in [0.05, 0.1) is 5.69 Å². The number of aromatic nitrogens is 2. The van der Waals surface area contributed by atoms with Crippen molar-refractivity contribution in [2.24, 2.45) is 0 Å². The summed E-state index contributed by atoms with van der Waals surface area (Å²) in [6, 6.07) is 5.39.